The summed E-state index contributed by atoms with van der Waals surface area (Å²) in [5.41, 5.74) is 17.7. The SMILES string of the molecule is CCCCCc1ccc(-c2cc(-c3cccc4c3Nc3ccccc3C4(C)C)c3c4c2c2ccc5ccccc5c2n4-c2ccccc2[B]3)cc1. The highest BCUT2D eigenvalue weighted by Gasteiger charge is 2.35. The molecule has 2 aliphatic heterocycles. The van der Waals surface area contributed by atoms with E-state index >= 15 is 0 Å². The van der Waals surface area contributed by atoms with Crippen molar-refractivity contribution in [1.29, 1.82) is 0 Å². The average molecular weight is 656 g/mol. The van der Waals surface area contributed by atoms with Crippen LogP contribution in [0.2, 0.25) is 0 Å². The first-order valence-electron chi connectivity index (χ1n) is 18.6. The van der Waals surface area contributed by atoms with E-state index < -0.39 is 0 Å². The third-order valence-electron chi connectivity index (χ3n) is 11.7. The summed E-state index contributed by atoms with van der Waals surface area (Å²) in [6.45, 7) is 7.00. The van der Waals surface area contributed by atoms with Gasteiger partial charge in [-0.25, -0.2) is 0 Å². The highest BCUT2D eigenvalue weighted by molar-refractivity contribution is 6.73. The van der Waals surface area contributed by atoms with Crippen molar-refractivity contribution in [1.82, 2.24) is 4.57 Å². The smallest absolute Gasteiger partial charge is 0.197 e. The Bertz CT molecular complexity index is 2680. The molecule has 1 aromatic heterocycles. The van der Waals surface area contributed by atoms with E-state index in [2.05, 4.69) is 171 Å². The molecule has 0 saturated heterocycles. The van der Waals surface area contributed by atoms with Crippen molar-refractivity contribution in [2.45, 2.75) is 51.9 Å². The van der Waals surface area contributed by atoms with Gasteiger partial charge in [0.15, 0.2) is 7.28 Å². The molecular formula is C48H40BN2. The molecule has 10 rings (SSSR count). The Hall–Kier alpha value is -5.54. The lowest BCUT2D eigenvalue weighted by Gasteiger charge is -2.37. The van der Waals surface area contributed by atoms with Crippen molar-refractivity contribution in [3.8, 4) is 27.9 Å². The van der Waals surface area contributed by atoms with Crippen molar-refractivity contribution in [3.05, 3.63) is 150 Å². The van der Waals surface area contributed by atoms with Gasteiger partial charge in [-0.15, -0.1) is 0 Å². The second-order valence-corrected chi connectivity index (χ2v) is 15.0. The van der Waals surface area contributed by atoms with E-state index in [4.69, 9.17) is 0 Å². The summed E-state index contributed by atoms with van der Waals surface area (Å²) in [5.74, 6) is 0. The minimum atomic E-state index is -0.144. The lowest BCUT2D eigenvalue weighted by atomic mass is 9.58. The molecule has 0 saturated carbocycles. The Kier molecular flexibility index (Phi) is 6.83. The quantitative estimate of drug-likeness (QED) is 0.139. The summed E-state index contributed by atoms with van der Waals surface area (Å²) in [6, 6.07) is 50.1. The van der Waals surface area contributed by atoms with Crippen LogP contribution < -0.4 is 16.2 Å². The molecule has 2 nitrogen and oxygen atoms in total. The Labute approximate surface area is 301 Å². The summed E-state index contributed by atoms with van der Waals surface area (Å²) >= 11 is 0. The van der Waals surface area contributed by atoms with E-state index in [1.165, 1.54) is 119 Å². The molecular weight excluding hydrogens is 615 g/mol. The van der Waals surface area contributed by atoms with E-state index in [1.54, 1.807) is 0 Å². The molecule has 0 amide bonds. The van der Waals surface area contributed by atoms with Gasteiger partial charge < -0.3 is 9.88 Å². The first-order chi connectivity index (χ1) is 25.0. The van der Waals surface area contributed by atoms with Crippen LogP contribution in [0.1, 0.15) is 56.7 Å². The fraction of sp³-hybridized carbons (Fsp3) is 0.167. The zero-order valence-corrected chi connectivity index (χ0v) is 29.6. The first-order valence-corrected chi connectivity index (χ1v) is 18.6. The van der Waals surface area contributed by atoms with Crippen LogP contribution in [-0.4, -0.2) is 11.8 Å². The number of unbranched alkanes of at least 4 members (excludes halogenated alkanes) is 2. The third kappa shape index (κ3) is 4.50. The van der Waals surface area contributed by atoms with E-state index in [1.807, 2.05) is 0 Å². The Morgan fingerprint density at radius 2 is 1.43 bits per heavy atom. The Morgan fingerprint density at radius 3 is 2.31 bits per heavy atom. The van der Waals surface area contributed by atoms with Gasteiger partial charge in [0.05, 0.1) is 11.2 Å². The average Bonchev–Trinajstić information content (AvgIpc) is 3.52. The van der Waals surface area contributed by atoms with Crippen molar-refractivity contribution >= 4 is 62.2 Å². The zero-order valence-electron chi connectivity index (χ0n) is 29.6. The monoisotopic (exact) mass is 655 g/mol. The molecule has 51 heavy (non-hydrogen) atoms. The number of nitrogens with one attached hydrogen (secondary N) is 1. The molecule has 0 bridgehead atoms. The molecule has 0 atom stereocenters. The van der Waals surface area contributed by atoms with Crippen LogP contribution in [0.3, 0.4) is 0 Å². The minimum absolute atomic E-state index is 0.144. The van der Waals surface area contributed by atoms with Gasteiger partial charge in [-0.1, -0.05) is 154 Å². The fourth-order valence-electron chi connectivity index (χ4n) is 9.08. The van der Waals surface area contributed by atoms with Crippen LogP contribution in [0.15, 0.2) is 133 Å². The number of aromatic nitrogens is 1. The van der Waals surface area contributed by atoms with Crippen LogP contribution in [0.4, 0.5) is 11.4 Å². The van der Waals surface area contributed by atoms with Crippen molar-refractivity contribution < 1.29 is 0 Å². The number of hydrogen-bond acceptors (Lipinski definition) is 1. The van der Waals surface area contributed by atoms with Gasteiger partial charge >= 0.3 is 0 Å². The van der Waals surface area contributed by atoms with Crippen LogP contribution >= 0.6 is 0 Å². The van der Waals surface area contributed by atoms with Gasteiger partial charge in [-0.2, -0.15) is 0 Å². The van der Waals surface area contributed by atoms with Gasteiger partial charge in [0.1, 0.15) is 0 Å². The lowest BCUT2D eigenvalue weighted by Crippen LogP contribution is -2.37. The largest absolute Gasteiger partial charge is 0.355 e. The highest BCUT2D eigenvalue weighted by atomic mass is 15.0. The van der Waals surface area contributed by atoms with Gasteiger partial charge in [0.25, 0.3) is 0 Å². The molecule has 0 unspecified atom stereocenters. The standard InChI is InChI=1S/C48H40BN2/c1-4-5-6-14-30-23-25-32(26-24-30)36-29-37(34-17-13-19-39-45(34)50-41-21-11-9-18-38(41)48(39,2)3)44-47-43(36)35-28-27-31-15-7-8-16-33(31)46(35)51(47)42-22-12-10-20-40(42)49-44/h7-13,15-29,50H,4-6,14H2,1-3H3. The summed E-state index contributed by atoms with van der Waals surface area (Å²) in [6.07, 6.45) is 4.88. The molecule has 3 heteroatoms. The normalized spacial score (nSPS) is 13.8. The predicted molar refractivity (Wildman–Crippen MR) is 219 cm³/mol. The van der Waals surface area contributed by atoms with Crippen molar-refractivity contribution in [2.24, 2.45) is 0 Å². The number of benzene rings is 7. The maximum Gasteiger partial charge on any atom is 0.197 e. The van der Waals surface area contributed by atoms with Crippen molar-refractivity contribution in [3.63, 3.8) is 0 Å². The van der Waals surface area contributed by atoms with E-state index in [9.17, 15) is 0 Å². The minimum Gasteiger partial charge on any atom is -0.355 e. The topological polar surface area (TPSA) is 17.0 Å². The molecule has 7 aromatic carbocycles. The maximum atomic E-state index is 3.94. The van der Waals surface area contributed by atoms with E-state index in [0.29, 0.717) is 0 Å². The Morgan fingerprint density at radius 1 is 0.647 bits per heavy atom. The highest BCUT2D eigenvalue weighted by Crippen LogP contribution is 2.50. The van der Waals surface area contributed by atoms with Crippen LogP contribution in [0.25, 0.3) is 60.5 Å². The second kappa shape index (κ2) is 11.5. The predicted octanol–water partition coefficient (Wildman–Crippen LogP) is 11.4. The summed E-state index contributed by atoms with van der Waals surface area (Å²) in [4.78, 5) is 0. The molecule has 0 aliphatic carbocycles. The summed E-state index contributed by atoms with van der Waals surface area (Å²) in [7, 11) is 2.44. The summed E-state index contributed by atoms with van der Waals surface area (Å²) < 4.78 is 2.58. The van der Waals surface area contributed by atoms with E-state index in [0.717, 1.165) is 6.42 Å². The number of anilines is 2. The van der Waals surface area contributed by atoms with Gasteiger partial charge in [0.2, 0.25) is 0 Å². The van der Waals surface area contributed by atoms with Crippen LogP contribution in [0, 0.1) is 0 Å². The molecule has 3 heterocycles. The second-order valence-electron chi connectivity index (χ2n) is 15.0. The fourth-order valence-corrected chi connectivity index (χ4v) is 9.08. The lowest BCUT2D eigenvalue weighted by molar-refractivity contribution is 0.638. The molecule has 2 aliphatic rings. The number of rotatable bonds is 6. The number of para-hydroxylation sites is 3. The molecule has 8 aromatic rings. The number of fused-ring (bicyclic) bond motifs is 9. The zero-order chi connectivity index (χ0) is 34.3. The first kappa shape index (κ1) is 30.3. The van der Waals surface area contributed by atoms with Gasteiger partial charge in [0, 0.05) is 44.0 Å². The number of hydrogen-bond donors (Lipinski definition) is 1. The molecule has 245 valence electrons. The molecule has 1 N–H and O–H groups in total. The van der Waals surface area contributed by atoms with Gasteiger partial charge in [-0.05, 0) is 75.3 Å². The van der Waals surface area contributed by atoms with Gasteiger partial charge in [-0.3, -0.25) is 0 Å². The van der Waals surface area contributed by atoms with Crippen LogP contribution in [0.5, 0.6) is 0 Å². The van der Waals surface area contributed by atoms with Crippen LogP contribution in [-0.2, 0) is 11.8 Å². The number of aryl methyl sites for hydroxylation is 1. The van der Waals surface area contributed by atoms with Crippen molar-refractivity contribution in [2.75, 3.05) is 5.32 Å². The third-order valence-corrected chi connectivity index (χ3v) is 11.7. The number of nitrogens with zero attached hydrogens (tertiary/aromatic N) is 1. The maximum absolute atomic E-state index is 3.94. The summed E-state index contributed by atoms with van der Waals surface area (Å²) in [5, 5.41) is 9.10. The molecule has 0 spiro atoms. The molecule has 0 fully saturated rings. The van der Waals surface area contributed by atoms with E-state index in [-0.39, 0.29) is 5.41 Å². The molecule has 1 radical (unpaired) electrons. The Balaban J connectivity index is 1.32.